The monoisotopic (exact) mass is 914 g/mol. The van der Waals surface area contributed by atoms with Gasteiger partial charge in [0.25, 0.3) is 11.5 Å². The first kappa shape index (κ1) is 47.5. The van der Waals surface area contributed by atoms with E-state index in [2.05, 4.69) is 32.6 Å². The van der Waals surface area contributed by atoms with Crippen molar-refractivity contribution in [1.82, 2.24) is 29.6 Å². The van der Waals surface area contributed by atoms with Crippen LogP contribution in [0, 0.1) is 6.92 Å². The van der Waals surface area contributed by atoms with Crippen LogP contribution in [0.1, 0.15) is 81.7 Å². The average molecular weight is 914 g/mol. The summed E-state index contributed by atoms with van der Waals surface area (Å²) in [5.41, 5.74) is 4.05. The molecule has 2 bridgehead atoms. The van der Waals surface area contributed by atoms with Gasteiger partial charge in [-0.3, -0.25) is 29.3 Å². The van der Waals surface area contributed by atoms with E-state index in [1.54, 1.807) is 11.7 Å². The Labute approximate surface area is 394 Å². The van der Waals surface area contributed by atoms with Gasteiger partial charge < -0.3 is 29.2 Å². The normalized spacial score (nSPS) is 18.7. The fraction of sp³-hybridized carbons (Fsp3) is 0.472. The molecule has 0 aliphatic carbocycles. The molecule has 2 amide bonds. The van der Waals surface area contributed by atoms with Gasteiger partial charge in [0.15, 0.2) is 6.61 Å². The van der Waals surface area contributed by atoms with E-state index >= 15 is 0 Å². The molecule has 0 saturated carbocycles. The largest absolute Gasteiger partial charge is 0.495 e. The molecule has 3 aliphatic rings. The number of piperazine rings is 1. The van der Waals surface area contributed by atoms with Crippen LogP contribution in [0.25, 0.3) is 16.6 Å². The third-order valence-corrected chi connectivity index (χ3v) is 13.4. The number of aromatic nitrogens is 2. The number of benzene rings is 4. The van der Waals surface area contributed by atoms with E-state index in [9.17, 15) is 14.4 Å². The van der Waals surface area contributed by atoms with Gasteiger partial charge in [-0.15, -0.1) is 0 Å². The Hall–Kier alpha value is -5.96. The lowest BCUT2D eigenvalue weighted by atomic mass is 9.82. The number of ether oxygens (including phenoxy) is 4. The molecule has 3 saturated heterocycles. The van der Waals surface area contributed by atoms with Crippen molar-refractivity contribution in [3.05, 3.63) is 118 Å². The van der Waals surface area contributed by atoms with Crippen LogP contribution in [0.3, 0.4) is 0 Å². The van der Waals surface area contributed by atoms with Gasteiger partial charge in [0.1, 0.15) is 29.2 Å². The van der Waals surface area contributed by atoms with Crippen molar-refractivity contribution in [2.24, 2.45) is 0 Å². The first-order chi connectivity index (χ1) is 32.8. The fourth-order valence-electron chi connectivity index (χ4n) is 9.98. The predicted molar refractivity (Wildman–Crippen MR) is 261 cm³/mol. The van der Waals surface area contributed by atoms with Crippen LogP contribution < -0.4 is 30.4 Å². The van der Waals surface area contributed by atoms with E-state index in [-0.39, 0.29) is 24.2 Å². The van der Waals surface area contributed by atoms with Crippen LogP contribution in [0.2, 0.25) is 0 Å². The highest BCUT2D eigenvalue weighted by Gasteiger charge is 2.39. The van der Waals surface area contributed by atoms with E-state index in [0.717, 1.165) is 44.5 Å². The number of methoxy groups -OCH3 is 1. The number of carbonyl (C=O) groups excluding carboxylic acids is 2. The number of carbonyl (C=O) groups is 2. The molecule has 1 unspecified atom stereocenters. The first-order valence-electron chi connectivity index (χ1n) is 24.3. The molecule has 14 nitrogen and oxygen atoms in total. The van der Waals surface area contributed by atoms with Gasteiger partial charge in [-0.25, -0.2) is 9.78 Å². The maximum atomic E-state index is 13.9. The Morgan fingerprint density at radius 1 is 0.821 bits per heavy atom. The molecule has 3 fully saturated rings. The van der Waals surface area contributed by atoms with Crippen molar-refractivity contribution in [3.63, 3.8) is 0 Å². The third kappa shape index (κ3) is 12.3. The summed E-state index contributed by atoms with van der Waals surface area (Å²) in [6.07, 6.45) is 9.63. The van der Waals surface area contributed by atoms with Gasteiger partial charge in [-0.1, -0.05) is 61.7 Å². The zero-order chi connectivity index (χ0) is 46.5. The number of rotatable bonds is 20. The second kappa shape index (κ2) is 23.2. The molecule has 67 heavy (non-hydrogen) atoms. The van der Waals surface area contributed by atoms with Gasteiger partial charge in [0.05, 0.1) is 42.5 Å². The minimum Gasteiger partial charge on any atom is -0.495 e. The fourth-order valence-corrected chi connectivity index (χ4v) is 9.98. The van der Waals surface area contributed by atoms with Crippen molar-refractivity contribution in [2.75, 3.05) is 64.9 Å². The van der Waals surface area contributed by atoms with E-state index in [0.29, 0.717) is 96.8 Å². The molecule has 8 rings (SSSR count). The summed E-state index contributed by atoms with van der Waals surface area (Å²) >= 11 is 0. The molecule has 4 heterocycles. The predicted octanol–water partition coefficient (Wildman–Crippen LogP) is 8.11. The van der Waals surface area contributed by atoms with Crippen molar-refractivity contribution >= 4 is 28.6 Å². The minimum absolute atomic E-state index is 0.0182. The quantitative estimate of drug-likeness (QED) is 0.0733. The number of hydrogen-bond donors (Lipinski definition) is 2. The van der Waals surface area contributed by atoms with Crippen molar-refractivity contribution in [2.45, 2.75) is 103 Å². The third-order valence-electron chi connectivity index (χ3n) is 13.4. The molecule has 0 radical (unpaired) electrons. The molecular weight excluding hydrogens is 847 g/mol. The maximum absolute atomic E-state index is 13.9. The topological polar surface area (TPSA) is 140 Å². The number of para-hydroxylation sites is 3. The summed E-state index contributed by atoms with van der Waals surface area (Å²) in [6.45, 7) is 10.1. The molecule has 3 aliphatic heterocycles. The highest BCUT2D eigenvalue weighted by molar-refractivity contribution is 5.87. The summed E-state index contributed by atoms with van der Waals surface area (Å²) in [5, 5.41) is 7.04. The lowest BCUT2D eigenvalue weighted by molar-refractivity contribution is -0.135. The Kier molecular flexibility index (Phi) is 16.4. The second-order valence-electron chi connectivity index (χ2n) is 18.1. The Morgan fingerprint density at radius 3 is 2.34 bits per heavy atom. The molecule has 3 atom stereocenters. The number of unbranched alkanes of at least 4 members (excludes halogenated alkanes) is 3. The average Bonchev–Trinajstić information content (AvgIpc) is 3.33. The molecule has 14 heteroatoms. The molecule has 0 spiro atoms. The Morgan fingerprint density at radius 2 is 1.57 bits per heavy atom. The van der Waals surface area contributed by atoms with Gasteiger partial charge in [0.2, 0.25) is 0 Å². The van der Waals surface area contributed by atoms with E-state index in [1.807, 2.05) is 97.6 Å². The molecule has 2 N–H and O–H groups in total. The summed E-state index contributed by atoms with van der Waals surface area (Å²) < 4.78 is 24.9. The van der Waals surface area contributed by atoms with E-state index in [4.69, 9.17) is 23.9 Å². The SMILES string of the molecule is CCOc1ccccc1-n1c(CN2CCN(C(=O)COc3ccc(CNCCCCCCN4[C@@H]5CCC[C@H]4CC(OC(=O)Nc4cc(C)ccc4OC)C5)cc3)CC2)nc2ccccc2c1=O. The van der Waals surface area contributed by atoms with Crippen LogP contribution in [-0.2, 0) is 22.6 Å². The summed E-state index contributed by atoms with van der Waals surface area (Å²) in [5.74, 6) is 2.52. The highest BCUT2D eigenvalue weighted by atomic mass is 16.6. The number of anilines is 1. The summed E-state index contributed by atoms with van der Waals surface area (Å²) in [7, 11) is 1.60. The van der Waals surface area contributed by atoms with E-state index < -0.39 is 6.09 Å². The van der Waals surface area contributed by atoms with Gasteiger partial charge in [-0.2, -0.15) is 0 Å². The summed E-state index contributed by atoms with van der Waals surface area (Å²) in [6, 6.07) is 29.6. The zero-order valence-corrected chi connectivity index (χ0v) is 39.4. The van der Waals surface area contributed by atoms with Crippen LogP contribution in [0.4, 0.5) is 10.5 Å². The molecular formula is C53H67N7O7. The van der Waals surface area contributed by atoms with Crippen LogP contribution in [-0.4, -0.2) is 114 Å². The summed E-state index contributed by atoms with van der Waals surface area (Å²) in [4.78, 5) is 51.7. The molecule has 356 valence electrons. The molecule has 4 aromatic carbocycles. The van der Waals surface area contributed by atoms with Crippen LogP contribution in [0.5, 0.6) is 17.2 Å². The lowest BCUT2D eigenvalue weighted by Crippen LogP contribution is -2.54. The minimum atomic E-state index is -0.406. The molecule has 1 aromatic heterocycles. The number of amides is 2. The number of nitrogens with zero attached hydrogens (tertiary/aromatic N) is 5. The Bertz CT molecular complexity index is 2470. The van der Waals surface area contributed by atoms with Crippen molar-refractivity contribution < 1.29 is 28.5 Å². The number of piperidine rings is 2. The standard InChI is InChI=1S/C53H67N7O7/c1-4-65-49-19-10-9-18-47(49)60-50(55-45-17-8-7-16-44(45)52(60)62)36-57-28-30-58(31-29-57)51(61)37-66-42-23-21-39(22-24-42)35-54-26-11-5-6-12-27-59-40-14-13-15-41(59)34-43(33-40)67-53(63)56-46-32-38(2)20-25-48(46)64-3/h7-10,16-25,32,40-41,43,54H,4-6,11-15,26-31,33-37H2,1-3H3,(H,56,63)/t40-,41+,43?. The number of fused-ring (bicyclic) bond motifs is 3. The van der Waals surface area contributed by atoms with Gasteiger partial charge in [-0.05, 0) is 112 Å². The second-order valence-corrected chi connectivity index (χ2v) is 18.1. The number of nitrogens with one attached hydrogen (secondary N) is 2. The number of hydrogen-bond acceptors (Lipinski definition) is 11. The van der Waals surface area contributed by atoms with Crippen molar-refractivity contribution in [3.8, 4) is 22.9 Å². The molecule has 5 aromatic rings. The lowest BCUT2D eigenvalue weighted by Gasteiger charge is -2.48. The Balaban J connectivity index is 0.703. The van der Waals surface area contributed by atoms with Gasteiger partial charge >= 0.3 is 6.09 Å². The smallest absolute Gasteiger partial charge is 0.412 e. The van der Waals surface area contributed by atoms with Crippen LogP contribution in [0.15, 0.2) is 95.8 Å². The van der Waals surface area contributed by atoms with E-state index in [1.165, 1.54) is 44.1 Å². The first-order valence-corrected chi connectivity index (χ1v) is 24.3. The highest BCUT2D eigenvalue weighted by Crippen LogP contribution is 2.36. The maximum Gasteiger partial charge on any atom is 0.412 e. The number of aryl methyl sites for hydroxylation is 1. The zero-order valence-electron chi connectivity index (χ0n) is 39.4. The van der Waals surface area contributed by atoms with Crippen molar-refractivity contribution in [1.29, 1.82) is 0 Å². The van der Waals surface area contributed by atoms with Crippen LogP contribution >= 0.6 is 0 Å². The van der Waals surface area contributed by atoms with Gasteiger partial charge in [0, 0.05) is 57.6 Å².